The van der Waals surface area contributed by atoms with E-state index in [0.717, 1.165) is 32.0 Å². The maximum absolute atomic E-state index is 13.0. The highest BCUT2D eigenvalue weighted by Gasteiger charge is 2.34. The monoisotopic (exact) mass is 314 g/mol. The summed E-state index contributed by atoms with van der Waals surface area (Å²) >= 11 is 0. The Morgan fingerprint density at radius 3 is 2.59 bits per heavy atom. The second-order valence-corrected chi connectivity index (χ2v) is 5.77. The fourth-order valence-electron chi connectivity index (χ4n) is 2.86. The summed E-state index contributed by atoms with van der Waals surface area (Å²) in [4.78, 5) is 12.0. The predicted octanol–water partition coefficient (Wildman–Crippen LogP) is 3.27. The Balaban J connectivity index is 1.99. The highest BCUT2D eigenvalue weighted by Crippen LogP contribution is 2.34. The third-order valence-electron chi connectivity index (χ3n) is 4.04. The molecule has 0 bridgehead atoms. The Labute approximate surface area is 128 Å². The molecule has 2 rings (SSSR count). The molecule has 1 heterocycles. The van der Waals surface area contributed by atoms with E-state index in [4.69, 9.17) is 0 Å². The van der Waals surface area contributed by atoms with Crippen LogP contribution in [0.15, 0.2) is 24.3 Å². The van der Waals surface area contributed by atoms with E-state index in [9.17, 15) is 18.0 Å². The van der Waals surface area contributed by atoms with Crippen LogP contribution in [0.2, 0.25) is 0 Å². The summed E-state index contributed by atoms with van der Waals surface area (Å²) in [6.45, 7) is 3.37. The zero-order valence-electron chi connectivity index (χ0n) is 12.5. The first kappa shape index (κ1) is 16.8. The van der Waals surface area contributed by atoms with Crippen LogP contribution in [0.3, 0.4) is 0 Å². The molecule has 1 aliphatic rings. The van der Waals surface area contributed by atoms with Gasteiger partial charge < -0.3 is 10.6 Å². The van der Waals surface area contributed by atoms with Gasteiger partial charge in [-0.15, -0.1) is 0 Å². The predicted molar refractivity (Wildman–Crippen MR) is 78.2 cm³/mol. The molecule has 1 saturated heterocycles. The van der Waals surface area contributed by atoms with Crippen molar-refractivity contribution < 1.29 is 18.0 Å². The van der Waals surface area contributed by atoms with E-state index in [0.29, 0.717) is 12.3 Å². The zero-order valence-corrected chi connectivity index (χ0v) is 12.5. The molecule has 0 radical (unpaired) electrons. The van der Waals surface area contributed by atoms with Crippen molar-refractivity contribution in [3.8, 4) is 0 Å². The lowest BCUT2D eigenvalue weighted by atomic mass is 9.94. The Bertz CT molecular complexity index is 510. The van der Waals surface area contributed by atoms with E-state index in [1.54, 1.807) is 13.0 Å². The molecule has 1 aromatic rings. The van der Waals surface area contributed by atoms with Gasteiger partial charge in [-0.05, 0) is 50.4 Å². The van der Waals surface area contributed by atoms with Gasteiger partial charge in [-0.1, -0.05) is 18.2 Å². The van der Waals surface area contributed by atoms with Crippen LogP contribution in [0, 0.1) is 5.92 Å². The van der Waals surface area contributed by atoms with Crippen LogP contribution in [0.25, 0.3) is 0 Å². The van der Waals surface area contributed by atoms with Crippen molar-refractivity contribution in [2.45, 2.75) is 38.4 Å². The molecule has 1 atom stereocenters. The number of benzene rings is 1. The molecule has 0 aliphatic carbocycles. The summed E-state index contributed by atoms with van der Waals surface area (Å²) in [7, 11) is 0. The number of rotatable bonds is 4. The van der Waals surface area contributed by atoms with Crippen LogP contribution in [-0.2, 0) is 11.0 Å². The fourth-order valence-corrected chi connectivity index (χ4v) is 2.86. The van der Waals surface area contributed by atoms with E-state index >= 15 is 0 Å². The molecule has 0 aromatic heterocycles. The van der Waals surface area contributed by atoms with Crippen LogP contribution in [-0.4, -0.2) is 19.0 Å². The topological polar surface area (TPSA) is 41.1 Å². The van der Waals surface area contributed by atoms with Crippen molar-refractivity contribution in [2.75, 3.05) is 13.1 Å². The van der Waals surface area contributed by atoms with Crippen molar-refractivity contribution in [1.29, 1.82) is 0 Å². The molecule has 22 heavy (non-hydrogen) atoms. The second-order valence-electron chi connectivity index (χ2n) is 5.77. The molecule has 1 unspecified atom stereocenters. The molecule has 0 spiro atoms. The molecule has 1 amide bonds. The van der Waals surface area contributed by atoms with Gasteiger partial charge in [-0.2, -0.15) is 13.2 Å². The van der Waals surface area contributed by atoms with Crippen molar-refractivity contribution in [1.82, 2.24) is 10.6 Å². The first-order chi connectivity index (χ1) is 10.4. The number of piperidine rings is 1. The lowest BCUT2D eigenvalue weighted by molar-refractivity contribution is -0.138. The van der Waals surface area contributed by atoms with Gasteiger partial charge in [0.2, 0.25) is 5.91 Å². The van der Waals surface area contributed by atoms with Gasteiger partial charge in [0.15, 0.2) is 0 Å². The summed E-state index contributed by atoms with van der Waals surface area (Å²) in [5.41, 5.74) is -0.585. The van der Waals surface area contributed by atoms with Crippen LogP contribution in [0.1, 0.15) is 43.4 Å². The first-order valence-electron chi connectivity index (χ1n) is 7.54. The molecule has 122 valence electrons. The van der Waals surface area contributed by atoms with E-state index < -0.39 is 17.8 Å². The van der Waals surface area contributed by atoms with Crippen molar-refractivity contribution in [2.24, 2.45) is 5.92 Å². The summed E-state index contributed by atoms with van der Waals surface area (Å²) < 4.78 is 39.0. The maximum atomic E-state index is 13.0. The number of carbonyl (C=O) groups is 1. The third kappa shape index (κ3) is 4.47. The van der Waals surface area contributed by atoms with E-state index in [-0.39, 0.29) is 11.5 Å². The quantitative estimate of drug-likeness (QED) is 0.895. The smallest absolute Gasteiger partial charge is 0.350 e. The number of hydrogen-bond donors (Lipinski definition) is 2. The Hall–Kier alpha value is -1.56. The average molecular weight is 314 g/mol. The van der Waals surface area contributed by atoms with Gasteiger partial charge in [-0.3, -0.25) is 4.79 Å². The van der Waals surface area contributed by atoms with Gasteiger partial charge in [0.05, 0.1) is 11.6 Å². The minimum atomic E-state index is -4.41. The second kappa shape index (κ2) is 7.13. The van der Waals surface area contributed by atoms with Crippen LogP contribution in [0.4, 0.5) is 13.2 Å². The maximum Gasteiger partial charge on any atom is 0.416 e. The molecule has 0 saturated carbocycles. The average Bonchev–Trinajstić information content (AvgIpc) is 2.47. The standard InChI is InChI=1S/C16H21F3N2O/c1-11(13-4-2-3-5-14(13)16(17,18)19)21-15(22)10-12-6-8-20-9-7-12/h2-5,11-12,20H,6-10H2,1H3,(H,21,22). The van der Waals surface area contributed by atoms with Gasteiger partial charge in [0.1, 0.15) is 0 Å². The van der Waals surface area contributed by atoms with E-state index in [1.165, 1.54) is 12.1 Å². The van der Waals surface area contributed by atoms with Crippen molar-refractivity contribution in [3.05, 3.63) is 35.4 Å². The number of carbonyl (C=O) groups excluding carboxylic acids is 1. The number of halogens is 3. The SMILES string of the molecule is CC(NC(=O)CC1CCNCC1)c1ccccc1C(F)(F)F. The number of nitrogens with one attached hydrogen (secondary N) is 2. The number of amides is 1. The summed E-state index contributed by atoms with van der Waals surface area (Å²) in [6.07, 6.45) is -2.17. The highest BCUT2D eigenvalue weighted by atomic mass is 19.4. The minimum absolute atomic E-state index is 0.105. The molecule has 1 fully saturated rings. The third-order valence-corrected chi connectivity index (χ3v) is 4.04. The Kier molecular flexibility index (Phi) is 5.45. The molecule has 2 N–H and O–H groups in total. The molecular weight excluding hydrogens is 293 g/mol. The summed E-state index contributed by atoms with van der Waals surface area (Å²) in [5.74, 6) is 0.127. The lowest BCUT2D eigenvalue weighted by Gasteiger charge is -2.24. The van der Waals surface area contributed by atoms with E-state index in [1.807, 2.05) is 0 Å². The highest BCUT2D eigenvalue weighted by molar-refractivity contribution is 5.76. The van der Waals surface area contributed by atoms with Gasteiger partial charge >= 0.3 is 6.18 Å². The summed E-state index contributed by atoms with van der Waals surface area (Å²) in [5, 5.41) is 5.92. The Morgan fingerprint density at radius 2 is 1.95 bits per heavy atom. The molecule has 6 heteroatoms. The molecule has 3 nitrogen and oxygen atoms in total. The number of hydrogen-bond acceptors (Lipinski definition) is 2. The molecular formula is C16H21F3N2O. The molecule has 1 aliphatic heterocycles. The van der Waals surface area contributed by atoms with Gasteiger partial charge in [0.25, 0.3) is 0 Å². The lowest BCUT2D eigenvalue weighted by Crippen LogP contribution is -2.33. The van der Waals surface area contributed by atoms with Crippen LogP contribution >= 0.6 is 0 Å². The zero-order chi connectivity index (χ0) is 16.2. The molecule has 1 aromatic carbocycles. The summed E-state index contributed by atoms with van der Waals surface area (Å²) in [6, 6.07) is 4.71. The van der Waals surface area contributed by atoms with Gasteiger partial charge in [-0.25, -0.2) is 0 Å². The first-order valence-corrected chi connectivity index (χ1v) is 7.54. The fraction of sp³-hybridized carbons (Fsp3) is 0.562. The van der Waals surface area contributed by atoms with Gasteiger partial charge in [0, 0.05) is 6.42 Å². The van der Waals surface area contributed by atoms with Crippen molar-refractivity contribution >= 4 is 5.91 Å². The Morgan fingerprint density at radius 1 is 1.32 bits per heavy atom. The van der Waals surface area contributed by atoms with Crippen molar-refractivity contribution in [3.63, 3.8) is 0 Å². The normalized spacial score (nSPS) is 18.0. The minimum Gasteiger partial charge on any atom is -0.350 e. The number of alkyl halides is 3. The van der Waals surface area contributed by atoms with Crippen LogP contribution in [0.5, 0.6) is 0 Å². The van der Waals surface area contributed by atoms with E-state index in [2.05, 4.69) is 10.6 Å². The van der Waals surface area contributed by atoms with Crippen LogP contribution < -0.4 is 10.6 Å². The largest absolute Gasteiger partial charge is 0.416 e.